The molecule has 2 aromatic carbocycles. The number of ether oxygens (including phenoxy) is 3. The van der Waals surface area contributed by atoms with E-state index in [0.717, 1.165) is 23.3 Å². The molecular weight excluding hydrogens is 634 g/mol. The van der Waals surface area contributed by atoms with Crippen LogP contribution in [0.5, 0.6) is 5.75 Å². The number of carbonyl (C=O) groups excluding carboxylic acids is 3. The van der Waals surface area contributed by atoms with Crippen LogP contribution in [0.1, 0.15) is 37.0 Å². The van der Waals surface area contributed by atoms with Crippen LogP contribution in [0.2, 0.25) is 0 Å². The summed E-state index contributed by atoms with van der Waals surface area (Å²) >= 11 is 1.24. The van der Waals surface area contributed by atoms with Crippen molar-refractivity contribution in [2.45, 2.75) is 43.1 Å². The number of anilines is 1. The zero-order valence-electron chi connectivity index (χ0n) is 25.4. The fourth-order valence-electron chi connectivity index (χ4n) is 5.46. The minimum atomic E-state index is -3.97. The van der Waals surface area contributed by atoms with Crippen molar-refractivity contribution in [3.63, 3.8) is 0 Å². The molecule has 5 rings (SSSR count). The predicted octanol–water partition coefficient (Wildman–Crippen LogP) is 4.48. The molecule has 0 bridgehead atoms. The summed E-state index contributed by atoms with van der Waals surface area (Å²) in [6.45, 7) is 0.371. The third kappa shape index (κ3) is 8.05. The number of thiophene rings is 1. The SMILES string of the molecule is COC(=O)N1CC[C@](CC(=O)NOC2CCCCO2)(c2ccc(-c3cccc(NC(=O)COc4ccccc4)c3)s2)S(=O)(=O)CC1. The molecule has 14 heteroatoms. The molecule has 2 aliphatic rings. The molecule has 0 radical (unpaired) electrons. The van der Waals surface area contributed by atoms with Crippen molar-refractivity contribution in [3.05, 3.63) is 71.6 Å². The minimum absolute atomic E-state index is 0.0186. The van der Waals surface area contributed by atoms with Gasteiger partial charge in [-0.25, -0.2) is 23.5 Å². The average molecular weight is 672 g/mol. The quantitative estimate of drug-likeness (QED) is 0.298. The number of para-hydroxylation sites is 1. The van der Waals surface area contributed by atoms with Gasteiger partial charge in [0.1, 0.15) is 10.5 Å². The topological polar surface area (TPSA) is 150 Å². The van der Waals surface area contributed by atoms with Crippen LogP contribution in [0.15, 0.2) is 66.7 Å². The Labute approximate surface area is 271 Å². The fraction of sp³-hybridized carbons (Fsp3) is 0.406. The lowest BCUT2D eigenvalue weighted by molar-refractivity contribution is -0.200. The monoisotopic (exact) mass is 671 g/mol. The molecule has 2 N–H and O–H groups in total. The van der Waals surface area contributed by atoms with Crippen LogP contribution >= 0.6 is 11.3 Å². The molecule has 2 fully saturated rings. The van der Waals surface area contributed by atoms with Crippen LogP contribution in [0.4, 0.5) is 10.5 Å². The molecule has 12 nitrogen and oxygen atoms in total. The highest BCUT2D eigenvalue weighted by molar-refractivity contribution is 7.92. The Bertz CT molecular complexity index is 1620. The third-order valence-electron chi connectivity index (χ3n) is 7.93. The minimum Gasteiger partial charge on any atom is -0.484 e. The first-order valence-electron chi connectivity index (χ1n) is 15.0. The van der Waals surface area contributed by atoms with Gasteiger partial charge in [0.05, 0.1) is 19.3 Å². The summed E-state index contributed by atoms with van der Waals surface area (Å²) in [4.78, 5) is 46.2. The maximum atomic E-state index is 14.0. The second-order valence-corrected chi connectivity index (χ2v) is 14.5. The van der Waals surface area contributed by atoms with Crippen LogP contribution in [-0.4, -0.2) is 76.7 Å². The van der Waals surface area contributed by atoms with Crippen LogP contribution in [0, 0.1) is 0 Å². The Morgan fingerprint density at radius 1 is 1.02 bits per heavy atom. The van der Waals surface area contributed by atoms with Crippen molar-refractivity contribution < 1.29 is 41.8 Å². The van der Waals surface area contributed by atoms with Crippen LogP contribution in [-0.2, 0) is 38.5 Å². The van der Waals surface area contributed by atoms with E-state index < -0.39 is 39.3 Å². The Balaban J connectivity index is 1.36. The second-order valence-electron chi connectivity index (χ2n) is 11.0. The molecule has 3 heterocycles. The number of hydrogen-bond acceptors (Lipinski definition) is 10. The van der Waals surface area contributed by atoms with E-state index in [2.05, 4.69) is 10.8 Å². The van der Waals surface area contributed by atoms with Crippen LogP contribution in [0.3, 0.4) is 0 Å². The molecule has 1 unspecified atom stereocenters. The maximum absolute atomic E-state index is 14.0. The highest BCUT2D eigenvalue weighted by Gasteiger charge is 2.50. The van der Waals surface area contributed by atoms with E-state index in [4.69, 9.17) is 19.0 Å². The van der Waals surface area contributed by atoms with E-state index in [-0.39, 0.29) is 37.8 Å². The predicted molar refractivity (Wildman–Crippen MR) is 172 cm³/mol. The van der Waals surface area contributed by atoms with Gasteiger partial charge in [-0.15, -0.1) is 11.3 Å². The first-order chi connectivity index (χ1) is 22.2. The number of hydrogen-bond donors (Lipinski definition) is 2. The lowest BCUT2D eigenvalue weighted by Gasteiger charge is -2.31. The lowest BCUT2D eigenvalue weighted by atomic mass is 9.97. The molecule has 0 aliphatic carbocycles. The van der Waals surface area contributed by atoms with Gasteiger partial charge < -0.3 is 24.4 Å². The first kappa shape index (κ1) is 33.4. The maximum Gasteiger partial charge on any atom is 0.409 e. The second kappa shape index (κ2) is 15.1. The van der Waals surface area contributed by atoms with Gasteiger partial charge in [0, 0.05) is 41.6 Å². The van der Waals surface area contributed by atoms with Gasteiger partial charge in [-0.3, -0.25) is 9.59 Å². The van der Waals surface area contributed by atoms with Gasteiger partial charge in [-0.05, 0) is 61.2 Å². The summed E-state index contributed by atoms with van der Waals surface area (Å²) < 4.78 is 42.3. The van der Waals surface area contributed by atoms with Crippen molar-refractivity contribution in [3.8, 4) is 16.2 Å². The highest BCUT2D eigenvalue weighted by Crippen LogP contribution is 2.45. The molecule has 0 saturated carbocycles. The Morgan fingerprint density at radius 2 is 1.85 bits per heavy atom. The summed E-state index contributed by atoms with van der Waals surface area (Å²) in [5.41, 5.74) is 3.69. The largest absolute Gasteiger partial charge is 0.484 e. The molecular formula is C32H37N3O9S2. The van der Waals surface area contributed by atoms with E-state index >= 15 is 0 Å². The van der Waals surface area contributed by atoms with Crippen molar-refractivity contribution >= 4 is 44.8 Å². The summed E-state index contributed by atoms with van der Waals surface area (Å²) in [6, 6.07) is 19.7. The lowest BCUT2D eigenvalue weighted by Crippen LogP contribution is -2.43. The molecule has 3 aromatic rings. The molecule has 1 aromatic heterocycles. The number of methoxy groups -OCH3 is 1. The molecule has 46 heavy (non-hydrogen) atoms. The first-order valence-corrected chi connectivity index (χ1v) is 17.5. The van der Waals surface area contributed by atoms with Crippen molar-refractivity contribution in [1.82, 2.24) is 10.4 Å². The number of nitrogens with zero attached hydrogens (tertiary/aromatic N) is 1. The van der Waals surface area contributed by atoms with E-state index in [1.165, 1.54) is 23.3 Å². The summed E-state index contributed by atoms with van der Waals surface area (Å²) in [6.07, 6.45) is 0.764. The summed E-state index contributed by atoms with van der Waals surface area (Å²) in [7, 11) is -2.73. The van der Waals surface area contributed by atoms with Gasteiger partial charge >= 0.3 is 6.09 Å². The fourth-order valence-corrected chi connectivity index (χ4v) is 9.06. The van der Waals surface area contributed by atoms with Gasteiger partial charge in [0.25, 0.3) is 5.91 Å². The molecule has 3 amide bonds. The van der Waals surface area contributed by atoms with Crippen LogP contribution < -0.4 is 15.5 Å². The zero-order valence-corrected chi connectivity index (χ0v) is 27.1. The molecule has 246 valence electrons. The number of rotatable bonds is 10. The normalized spacial score (nSPS) is 21.1. The molecule has 2 saturated heterocycles. The number of carbonyl (C=O) groups is 3. The van der Waals surface area contributed by atoms with Gasteiger partial charge in [-0.1, -0.05) is 30.3 Å². The van der Waals surface area contributed by atoms with Gasteiger partial charge in [-0.2, -0.15) is 0 Å². The smallest absolute Gasteiger partial charge is 0.409 e. The summed E-state index contributed by atoms with van der Waals surface area (Å²) in [5, 5.41) is 2.83. The third-order valence-corrected chi connectivity index (χ3v) is 11.9. The highest BCUT2D eigenvalue weighted by atomic mass is 32.2. The van der Waals surface area contributed by atoms with E-state index in [1.54, 1.807) is 42.5 Å². The Kier molecular flexibility index (Phi) is 10.9. The standard InChI is InChI=1S/C32H37N3O9S2/c1-41-31(38)35-16-15-32(46(39,40)19-17-35,21-28(36)34-44-30-12-5-6-18-42-30)27-14-13-26(45-27)23-8-7-9-24(20-23)33-29(37)22-43-25-10-3-2-4-11-25/h2-4,7-11,13-14,20,30H,5-6,12,15-19,21-22H2,1H3,(H,33,37)(H,34,36)/t30?,32-/m0/s1. The average Bonchev–Trinajstić information content (AvgIpc) is 3.53. The van der Waals surface area contributed by atoms with E-state index in [9.17, 15) is 22.8 Å². The van der Waals surface area contributed by atoms with Gasteiger partial charge in [0.15, 0.2) is 22.7 Å². The number of hydroxylamine groups is 1. The Hall–Kier alpha value is -3.98. The number of sulfone groups is 1. The molecule has 0 spiro atoms. The van der Waals surface area contributed by atoms with Crippen LogP contribution in [0.25, 0.3) is 10.4 Å². The zero-order chi connectivity index (χ0) is 32.6. The van der Waals surface area contributed by atoms with Crippen molar-refractivity contribution in [2.75, 3.05) is 44.5 Å². The number of amides is 3. The number of nitrogens with one attached hydrogen (secondary N) is 2. The Morgan fingerprint density at radius 3 is 2.61 bits per heavy atom. The molecule has 2 aliphatic heterocycles. The summed E-state index contributed by atoms with van der Waals surface area (Å²) in [5.74, 6) is -0.709. The van der Waals surface area contributed by atoms with Crippen molar-refractivity contribution in [2.24, 2.45) is 0 Å². The van der Waals surface area contributed by atoms with Crippen molar-refractivity contribution in [1.29, 1.82) is 0 Å². The van der Waals surface area contributed by atoms with E-state index in [0.29, 0.717) is 29.3 Å². The number of benzene rings is 2. The van der Waals surface area contributed by atoms with Gasteiger partial charge in [0.2, 0.25) is 5.91 Å². The van der Waals surface area contributed by atoms with E-state index in [1.807, 2.05) is 24.3 Å². The molecule has 2 atom stereocenters.